The number of carboxylic acids is 1. The van der Waals surface area contributed by atoms with Crippen molar-refractivity contribution in [3.05, 3.63) is 0 Å². The quantitative estimate of drug-likeness (QED) is 0.824. The van der Waals surface area contributed by atoms with Crippen molar-refractivity contribution in [2.45, 2.75) is 58.8 Å². The Balaban J connectivity index is 2.39. The first-order valence-corrected chi connectivity index (χ1v) is 7.02. The number of carbonyl (C=O) groups excluding carboxylic acids is 1. The lowest BCUT2D eigenvalue weighted by Gasteiger charge is -2.35. The zero-order valence-electron chi connectivity index (χ0n) is 13.0. The van der Waals surface area contributed by atoms with E-state index in [-0.39, 0.29) is 23.6 Å². The van der Waals surface area contributed by atoms with Gasteiger partial charge in [-0.2, -0.15) is 0 Å². The number of hydrogen-bond donors (Lipinski definition) is 2. The number of carbonyl (C=O) groups is 2. The maximum atomic E-state index is 12.0. The molecule has 0 aromatic rings. The van der Waals surface area contributed by atoms with Crippen molar-refractivity contribution < 1.29 is 19.4 Å². The summed E-state index contributed by atoms with van der Waals surface area (Å²) in [6, 6.07) is -0.0615. The molecule has 1 aliphatic rings. The molecule has 6 heteroatoms. The SMILES string of the molecule is CC(N(C)C(=O)NCC1CCC(C(=O)O)O1)C(C)(C)C. The van der Waals surface area contributed by atoms with Gasteiger partial charge in [-0.1, -0.05) is 20.8 Å². The minimum Gasteiger partial charge on any atom is -0.479 e. The second kappa shape index (κ2) is 6.43. The summed E-state index contributed by atoms with van der Waals surface area (Å²) in [4.78, 5) is 24.5. The summed E-state index contributed by atoms with van der Waals surface area (Å²) in [6.45, 7) is 8.60. The molecule has 3 unspecified atom stereocenters. The Morgan fingerprint density at radius 2 is 2.00 bits per heavy atom. The first-order chi connectivity index (χ1) is 9.12. The molecule has 1 rings (SSSR count). The van der Waals surface area contributed by atoms with Crippen molar-refractivity contribution in [2.75, 3.05) is 13.6 Å². The Hall–Kier alpha value is -1.30. The topological polar surface area (TPSA) is 78.9 Å². The summed E-state index contributed by atoms with van der Waals surface area (Å²) in [5, 5.41) is 11.6. The molecule has 0 bridgehead atoms. The Morgan fingerprint density at radius 3 is 2.45 bits per heavy atom. The fourth-order valence-electron chi connectivity index (χ4n) is 2.12. The minimum absolute atomic E-state index is 0.00432. The molecule has 0 spiro atoms. The first-order valence-electron chi connectivity index (χ1n) is 7.02. The monoisotopic (exact) mass is 286 g/mol. The van der Waals surface area contributed by atoms with E-state index in [0.717, 1.165) is 0 Å². The molecule has 0 aromatic heterocycles. The third-order valence-electron chi connectivity index (χ3n) is 4.02. The first kappa shape index (κ1) is 16.8. The van der Waals surface area contributed by atoms with E-state index >= 15 is 0 Å². The molecule has 0 saturated carbocycles. The van der Waals surface area contributed by atoms with Gasteiger partial charge in [-0.05, 0) is 25.2 Å². The molecule has 1 heterocycles. The van der Waals surface area contributed by atoms with E-state index < -0.39 is 12.1 Å². The number of amides is 2. The van der Waals surface area contributed by atoms with E-state index in [1.54, 1.807) is 11.9 Å². The third kappa shape index (κ3) is 4.37. The molecule has 2 amide bonds. The maximum absolute atomic E-state index is 12.0. The van der Waals surface area contributed by atoms with Gasteiger partial charge in [-0.15, -0.1) is 0 Å². The predicted octanol–water partition coefficient (Wildman–Crippen LogP) is 1.69. The van der Waals surface area contributed by atoms with Gasteiger partial charge in [0.05, 0.1) is 6.10 Å². The molecule has 116 valence electrons. The molecule has 20 heavy (non-hydrogen) atoms. The van der Waals surface area contributed by atoms with Crippen LogP contribution in [0.3, 0.4) is 0 Å². The van der Waals surface area contributed by atoms with Gasteiger partial charge in [0.25, 0.3) is 0 Å². The molecule has 1 fully saturated rings. The lowest BCUT2D eigenvalue weighted by Crippen LogP contribution is -2.49. The van der Waals surface area contributed by atoms with Gasteiger partial charge >= 0.3 is 12.0 Å². The normalized spacial score (nSPS) is 24.2. The summed E-state index contributed by atoms with van der Waals surface area (Å²) in [5.41, 5.74) is 0.00432. The summed E-state index contributed by atoms with van der Waals surface area (Å²) in [7, 11) is 1.76. The molecular formula is C14H26N2O4. The number of rotatable bonds is 4. The lowest BCUT2D eigenvalue weighted by atomic mass is 9.87. The van der Waals surface area contributed by atoms with Crippen LogP contribution in [-0.2, 0) is 9.53 Å². The van der Waals surface area contributed by atoms with Crippen molar-refractivity contribution in [3.8, 4) is 0 Å². The number of ether oxygens (including phenoxy) is 1. The second-order valence-electron chi connectivity index (χ2n) is 6.50. The number of urea groups is 1. The standard InChI is InChI=1S/C14H26N2O4/c1-9(14(2,3)4)16(5)13(19)15-8-10-6-7-11(20-10)12(17)18/h9-11H,6-8H2,1-5H3,(H,15,19)(H,17,18). The van der Waals surface area contributed by atoms with Crippen LogP contribution >= 0.6 is 0 Å². The van der Waals surface area contributed by atoms with Gasteiger partial charge < -0.3 is 20.1 Å². The van der Waals surface area contributed by atoms with Gasteiger partial charge in [0.15, 0.2) is 6.10 Å². The average molecular weight is 286 g/mol. The van der Waals surface area contributed by atoms with Gasteiger partial charge in [0, 0.05) is 19.6 Å². The number of carboxylic acid groups (broad SMARTS) is 1. The smallest absolute Gasteiger partial charge is 0.332 e. The van der Waals surface area contributed by atoms with Gasteiger partial charge in [0.2, 0.25) is 0 Å². The highest BCUT2D eigenvalue weighted by atomic mass is 16.5. The van der Waals surface area contributed by atoms with Crippen LogP contribution in [0.1, 0.15) is 40.5 Å². The van der Waals surface area contributed by atoms with Crippen LogP contribution in [0.25, 0.3) is 0 Å². The van der Waals surface area contributed by atoms with Crippen molar-refractivity contribution in [1.29, 1.82) is 0 Å². The van der Waals surface area contributed by atoms with Gasteiger partial charge in [-0.25, -0.2) is 9.59 Å². The highest BCUT2D eigenvalue weighted by molar-refractivity contribution is 5.74. The van der Waals surface area contributed by atoms with Crippen LogP contribution < -0.4 is 5.32 Å². The van der Waals surface area contributed by atoms with Crippen LogP contribution in [0.15, 0.2) is 0 Å². The summed E-state index contributed by atoms with van der Waals surface area (Å²) >= 11 is 0. The predicted molar refractivity (Wildman–Crippen MR) is 75.6 cm³/mol. The molecule has 2 N–H and O–H groups in total. The van der Waals surface area contributed by atoms with Crippen LogP contribution in [0, 0.1) is 5.41 Å². The van der Waals surface area contributed by atoms with E-state index in [9.17, 15) is 9.59 Å². The van der Waals surface area contributed by atoms with E-state index in [1.165, 1.54) is 0 Å². The van der Waals surface area contributed by atoms with Crippen molar-refractivity contribution >= 4 is 12.0 Å². The van der Waals surface area contributed by atoms with Crippen LogP contribution in [0.4, 0.5) is 4.79 Å². The Kier molecular flexibility index (Phi) is 5.39. The molecule has 0 aliphatic carbocycles. The van der Waals surface area contributed by atoms with Crippen molar-refractivity contribution in [3.63, 3.8) is 0 Å². The third-order valence-corrected chi connectivity index (χ3v) is 4.02. The maximum Gasteiger partial charge on any atom is 0.332 e. The van der Waals surface area contributed by atoms with Crippen molar-refractivity contribution in [1.82, 2.24) is 10.2 Å². The van der Waals surface area contributed by atoms with Crippen LogP contribution in [-0.4, -0.2) is 53.8 Å². The highest BCUT2D eigenvalue weighted by Gasteiger charge is 2.31. The molecule has 0 radical (unpaired) electrons. The van der Waals surface area contributed by atoms with E-state index in [2.05, 4.69) is 26.1 Å². The zero-order chi connectivity index (χ0) is 15.5. The number of aliphatic carboxylic acids is 1. The Labute approximate surface area is 120 Å². The summed E-state index contributed by atoms with van der Waals surface area (Å²) in [6.07, 6.45) is 0.224. The summed E-state index contributed by atoms with van der Waals surface area (Å²) in [5.74, 6) is -0.933. The molecule has 6 nitrogen and oxygen atoms in total. The zero-order valence-corrected chi connectivity index (χ0v) is 13.0. The minimum atomic E-state index is -0.933. The fourth-order valence-corrected chi connectivity index (χ4v) is 2.12. The number of hydrogen-bond acceptors (Lipinski definition) is 3. The van der Waals surface area contributed by atoms with Crippen molar-refractivity contribution in [2.24, 2.45) is 5.41 Å². The second-order valence-corrected chi connectivity index (χ2v) is 6.50. The largest absolute Gasteiger partial charge is 0.479 e. The summed E-state index contributed by atoms with van der Waals surface area (Å²) < 4.78 is 5.35. The van der Waals surface area contributed by atoms with Gasteiger partial charge in [0.1, 0.15) is 0 Å². The molecule has 0 aromatic carbocycles. The van der Waals surface area contributed by atoms with Crippen LogP contribution in [0.5, 0.6) is 0 Å². The van der Waals surface area contributed by atoms with E-state index in [1.807, 2.05) is 6.92 Å². The molecule has 3 atom stereocenters. The van der Waals surface area contributed by atoms with E-state index in [4.69, 9.17) is 9.84 Å². The van der Waals surface area contributed by atoms with Crippen LogP contribution in [0.2, 0.25) is 0 Å². The molecule has 1 aliphatic heterocycles. The lowest BCUT2D eigenvalue weighted by molar-refractivity contribution is -0.149. The molecule has 1 saturated heterocycles. The van der Waals surface area contributed by atoms with E-state index in [0.29, 0.717) is 19.4 Å². The highest BCUT2D eigenvalue weighted by Crippen LogP contribution is 2.23. The molecular weight excluding hydrogens is 260 g/mol. The van der Waals surface area contributed by atoms with Gasteiger partial charge in [-0.3, -0.25) is 0 Å². The Morgan fingerprint density at radius 1 is 1.40 bits per heavy atom. The fraction of sp³-hybridized carbons (Fsp3) is 0.857. The number of nitrogens with zero attached hydrogens (tertiary/aromatic N) is 1. The number of nitrogens with one attached hydrogen (secondary N) is 1. The average Bonchev–Trinajstić information content (AvgIpc) is 2.81. The Bertz CT molecular complexity index is 365.